The largest absolute Gasteiger partial charge is 0.431 e. The minimum atomic E-state index is -4.56. The Hall–Kier alpha value is -1.37. The van der Waals surface area contributed by atoms with E-state index in [1.807, 2.05) is 0 Å². The zero-order valence-corrected chi connectivity index (χ0v) is 9.92. The van der Waals surface area contributed by atoms with E-state index in [1.165, 1.54) is 6.07 Å². The molecule has 0 unspecified atom stereocenters. The van der Waals surface area contributed by atoms with Crippen LogP contribution in [0, 0.1) is 0 Å². The van der Waals surface area contributed by atoms with Gasteiger partial charge in [0.1, 0.15) is 0 Å². The van der Waals surface area contributed by atoms with E-state index in [9.17, 15) is 18.0 Å². The predicted molar refractivity (Wildman–Crippen MR) is 59.7 cm³/mol. The first-order chi connectivity index (χ1) is 7.89. The van der Waals surface area contributed by atoms with Gasteiger partial charge in [0.15, 0.2) is 5.71 Å². The van der Waals surface area contributed by atoms with Gasteiger partial charge in [0, 0.05) is 4.47 Å². The average Bonchev–Trinajstić information content (AvgIpc) is 2.61. The molecule has 3 nitrogen and oxygen atoms in total. The number of carbonyl (C=O) groups is 1. The maximum absolute atomic E-state index is 12.4. The summed E-state index contributed by atoms with van der Waals surface area (Å²) in [6, 6.07) is 6.46. The highest BCUT2D eigenvalue weighted by molar-refractivity contribution is 9.10. The van der Waals surface area contributed by atoms with Crippen molar-refractivity contribution < 1.29 is 18.0 Å². The normalized spacial score (nSPS) is 16.4. The Morgan fingerprint density at radius 3 is 2.47 bits per heavy atom. The van der Waals surface area contributed by atoms with Crippen LogP contribution in [0.2, 0.25) is 0 Å². The van der Waals surface area contributed by atoms with E-state index in [0.717, 1.165) is 5.01 Å². The number of hydrogen-bond donors (Lipinski definition) is 0. The van der Waals surface area contributed by atoms with Crippen molar-refractivity contribution in [3.8, 4) is 0 Å². The van der Waals surface area contributed by atoms with Crippen LogP contribution in [0.25, 0.3) is 0 Å². The van der Waals surface area contributed by atoms with E-state index in [4.69, 9.17) is 0 Å². The molecule has 0 atom stereocenters. The first kappa shape index (κ1) is 12.1. The second-order valence-electron chi connectivity index (χ2n) is 3.38. The number of rotatable bonds is 1. The van der Waals surface area contributed by atoms with Gasteiger partial charge < -0.3 is 0 Å². The molecule has 1 aliphatic rings. The fraction of sp³-hybridized carbons (Fsp3) is 0.200. The highest BCUT2D eigenvalue weighted by Crippen LogP contribution is 2.32. The zero-order chi connectivity index (χ0) is 12.6. The average molecular weight is 307 g/mol. The molecule has 1 aliphatic heterocycles. The fourth-order valence-electron chi connectivity index (χ4n) is 1.40. The van der Waals surface area contributed by atoms with Crippen LogP contribution in [0.3, 0.4) is 0 Å². The lowest BCUT2D eigenvalue weighted by molar-refractivity contribution is -0.117. The van der Waals surface area contributed by atoms with Gasteiger partial charge >= 0.3 is 6.18 Å². The highest BCUT2D eigenvalue weighted by atomic mass is 79.9. The van der Waals surface area contributed by atoms with Crippen molar-refractivity contribution >= 4 is 33.2 Å². The van der Waals surface area contributed by atoms with Crippen LogP contribution in [0.5, 0.6) is 0 Å². The number of hydrogen-bond acceptors (Lipinski definition) is 2. The standard InChI is InChI=1S/C10H6BrF3N2O/c11-6-3-1-2-4-7(6)16-9(17)5-8(15-16)10(12,13)14/h1-4H,5H2. The molecule has 0 fully saturated rings. The second kappa shape index (κ2) is 4.14. The molecular weight excluding hydrogens is 301 g/mol. The van der Waals surface area contributed by atoms with Gasteiger partial charge in [-0.1, -0.05) is 12.1 Å². The Morgan fingerprint density at radius 2 is 1.94 bits per heavy atom. The summed E-state index contributed by atoms with van der Waals surface area (Å²) in [5, 5.41) is 4.09. The number of nitrogens with zero attached hydrogens (tertiary/aromatic N) is 2. The summed E-state index contributed by atoms with van der Waals surface area (Å²) in [4.78, 5) is 11.5. The number of halogens is 4. The van der Waals surface area contributed by atoms with Crippen LogP contribution >= 0.6 is 15.9 Å². The molecule has 90 valence electrons. The molecule has 0 saturated heterocycles. The highest BCUT2D eigenvalue weighted by Gasteiger charge is 2.42. The SMILES string of the molecule is O=C1CC(C(F)(F)F)=NN1c1ccccc1Br. The maximum Gasteiger partial charge on any atom is 0.431 e. The van der Waals surface area contributed by atoms with Crippen molar-refractivity contribution in [2.24, 2.45) is 5.10 Å². The van der Waals surface area contributed by atoms with Crippen molar-refractivity contribution in [2.75, 3.05) is 5.01 Å². The van der Waals surface area contributed by atoms with Gasteiger partial charge in [-0.3, -0.25) is 4.79 Å². The molecule has 0 radical (unpaired) electrons. The third-order valence-corrected chi connectivity index (χ3v) is 2.85. The molecule has 7 heteroatoms. The maximum atomic E-state index is 12.4. The van der Waals surface area contributed by atoms with Crippen LogP contribution in [0.1, 0.15) is 6.42 Å². The number of amides is 1. The topological polar surface area (TPSA) is 32.7 Å². The minimum absolute atomic E-state index is 0.303. The molecular formula is C10H6BrF3N2O. The van der Waals surface area contributed by atoms with Crippen LogP contribution in [0.15, 0.2) is 33.8 Å². The Labute approximate surface area is 103 Å². The summed E-state index contributed by atoms with van der Waals surface area (Å²) >= 11 is 3.16. The number of benzene rings is 1. The number of carbonyl (C=O) groups excluding carboxylic acids is 1. The van der Waals surface area contributed by atoms with Crippen molar-refractivity contribution in [2.45, 2.75) is 12.6 Å². The van der Waals surface area contributed by atoms with Crippen molar-refractivity contribution in [3.63, 3.8) is 0 Å². The van der Waals surface area contributed by atoms with Gasteiger partial charge in [-0.05, 0) is 28.1 Å². The van der Waals surface area contributed by atoms with E-state index >= 15 is 0 Å². The molecule has 0 spiro atoms. The quantitative estimate of drug-likeness (QED) is 0.784. The van der Waals surface area contributed by atoms with Crippen molar-refractivity contribution in [3.05, 3.63) is 28.7 Å². The van der Waals surface area contributed by atoms with Crippen LogP contribution in [-0.2, 0) is 4.79 Å². The summed E-state index contributed by atoms with van der Waals surface area (Å²) in [6.45, 7) is 0. The van der Waals surface area contributed by atoms with Gasteiger partial charge in [0.05, 0.1) is 12.1 Å². The van der Waals surface area contributed by atoms with Gasteiger partial charge in [-0.15, -0.1) is 0 Å². The molecule has 0 aromatic heterocycles. The fourth-order valence-corrected chi connectivity index (χ4v) is 1.85. The third kappa shape index (κ3) is 2.33. The van der Waals surface area contributed by atoms with Crippen LogP contribution < -0.4 is 5.01 Å². The monoisotopic (exact) mass is 306 g/mol. The molecule has 0 aliphatic carbocycles. The minimum Gasteiger partial charge on any atom is -0.272 e. The van der Waals surface area contributed by atoms with E-state index < -0.39 is 24.2 Å². The molecule has 0 N–H and O–H groups in total. The Balaban J connectivity index is 2.38. The van der Waals surface area contributed by atoms with E-state index in [0.29, 0.717) is 10.2 Å². The molecule has 0 bridgehead atoms. The lowest BCUT2D eigenvalue weighted by Crippen LogP contribution is -2.22. The Kier molecular flexibility index (Phi) is 2.94. The van der Waals surface area contributed by atoms with Crippen molar-refractivity contribution in [1.82, 2.24) is 0 Å². The number of hydrazone groups is 1. The first-order valence-electron chi connectivity index (χ1n) is 4.62. The molecule has 1 aromatic carbocycles. The molecule has 1 amide bonds. The summed E-state index contributed by atoms with van der Waals surface area (Å²) < 4.78 is 37.7. The molecule has 17 heavy (non-hydrogen) atoms. The molecule has 1 heterocycles. The summed E-state index contributed by atoms with van der Waals surface area (Å²) in [6.07, 6.45) is -5.28. The number of alkyl halides is 3. The number of para-hydroxylation sites is 1. The summed E-state index contributed by atoms with van der Waals surface area (Å²) in [5.74, 6) is -0.691. The summed E-state index contributed by atoms with van der Waals surface area (Å²) in [5.41, 5.74) is -0.769. The van der Waals surface area contributed by atoms with Crippen LogP contribution in [-0.4, -0.2) is 17.8 Å². The van der Waals surface area contributed by atoms with Crippen LogP contribution in [0.4, 0.5) is 18.9 Å². The molecule has 1 aromatic rings. The predicted octanol–water partition coefficient (Wildman–Crippen LogP) is 3.10. The summed E-state index contributed by atoms with van der Waals surface area (Å²) in [7, 11) is 0. The second-order valence-corrected chi connectivity index (χ2v) is 4.23. The lowest BCUT2D eigenvalue weighted by Gasteiger charge is -2.12. The van der Waals surface area contributed by atoms with Gasteiger partial charge in [-0.2, -0.15) is 23.3 Å². The van der Waals surface area contributed by atoms with Crippen molar-refractivity contribution in [1.29, 1.82) is 0 Å². The lowest BCUT2D eigenvalue weighted by atomic mass is 10.2. The Morgan fingerprint density at radius 1 is 1.29 bits per heavy atom. The van der Waals surface area contributed by atoms with Gasteiger partial charge in [0.2, 0.25) is 0 Å². The first-order valence-corrected chi connectivity index (χ1v) is 5.41. The number of anilines is 1. The van der Waals surface area contributed by atoms with Gasteiger partial charge in [0.25, 0.3) is 5.91 Å². The van der Waals surface area contributed by atoms with E-state index in [-0.39, 0.29) is 0 Å². The van der Waals surface area contributed by atoms with E-state index in [1.54, 1.807) is 18.2 Å². The van der Waals surface area contributed by atoms with Gasteiger partial charge in [-0.25, -0.2) is 0 Å². The molecule has 0 saturated carbocycles. The third-order valence-electron chi connectivity index (χ3n) is 2.18. The molecule has 2 rings (SSSR count). The smallest absolute Gasteiger partial charge is 0.272 e. The Bertz CT molecular complexity index is 499. The van der Waals surface area contributed by atoms with E-state index in [2.05, 4.69) is 21.0 Å². The zero-order valence-electron chi connectivity index (χ0n) is 8.33.